The number of allylic oxidation sites excluding steroid dienone is 8. The molecule has 2 saturated carbocycles. The van der Waals surface area contributed by atoms with E-state index in [0.29, 0.717) is 29.1 Å². The van der Waals surface area contributed by atoms with Gasteiger partial charge in [0.05, 0.1) is 0 Å². The summed E-state index contributed by atoms with van der Waals surface area (Å²) in [6.45, 7) is 40.1. The van der Waals surface area contributed by atoms with E-state index < -0.39 is 0 Å². The Morgan fingerprint density at radius 2 is 1.52 bits per heavy atom. The molecule has 6 atom stereocenters. The van der Waals surface area contributed by atoms with Crippen LogP contribution < -0.4 is 0 Å². The van der Waals surface area contributed by atoms with E-state index in [1.54, 1.807) is 27.9 Å². The molecule has 2 fully saturated rings. The van der Waals surface area contributed by atoms with Crippen LogP contribution in [0.5, 0.6) is 0 Å². The van der Waals surface area contributed by atoms with E-state index in [-0.39, 0.29) is 5.41 Å². The molecule has 0 radical (unpaired) electrons. The molecule has 5 aliphatic carbocycles. The molecule has 0 amide bonds. The van der Waals surface area contributed by atoms with Gasteiger partial charge in [-0.3, -0.25) is 0 Å². The highest BCUT2D eigenvalue weighted by atomic mass is 14.5. The van der Waals surface area contributed by atoms with E-state index in [9.17, 15) is 0 Å². The molecule has 1 aromatic rings. The second-order valence-electron chi connectivity index (χ2n) is 20.3. The monoisotopic (exact) mass is 763 g/mol. The summed E-state index contributed by atoms with van der Waals surface area (Å²) >= 11 is 0. The van der Waals surface area contributed by atoms with Crippen LogP contribution >= 0.6 is 0 Å². The van der Waals surface area contributed by atoms with Crippen LogP contribution in [0.1, 0.15) is 216 Å². The maximum absolute atomic E-state index is 5.06. The molecule has 6 rings (SSSR count). The molecule has 0 spiro atoms. The Labute approximate surface area is 349 Å². The Morgan fingerprint density at radius 1 is 0.875 bits per heavy atom. The maximum Gasteiger partial charge on any atom is 0.00310 e. The minimum absolute atomic E-state index is 0.190. The first-order valence-electron chi connectivity index (χ1n) is 24.4. The van der Waals surface area contributed by atoms with Gasteiger partial charge >= 0.3 is 0 Å². The standard InChI is InChI=1S/C52H78.2C2H6/c1-12-39-21-23-40(24-22-39)25-28-48(44-20-16-19-43(30-44)36(5)42(13-2)29-41-17-14-15-18-41)34(3)35(4)50-37(6)49-32-46-31-47(51(8,9)10)27-26-45(46)33-52(49,11)38(50)7;2*1-2/h16,19-20,30,32,34,38-42,47-48H,4-5,12-15,17-18,21-29,31,33H2,1-3,6-11H3;2*1-2H3/t34-,38?,39?,40?,42-,47-,48-,52?;;/m0../s1. The molecule has 0 aliphatic heterocycles. The highest BCUT2D eigenvalue weighted by Crippen LogP contribution is 2.61. The minimum atomic E-state index is 0.190. The van der Waals surface area contributed by atoms with Crippen LogP contribution in [0.25, 0.3) is 5.57 Å². The van der Waals surface area contributed by atoms with Gasteiger partial charge in [0.2, 0.25) is 0 Å². The first-order valence-corrected chi connectivity index (χ1v) is 24.4. The Bertz CT molecular complexity index is 1530. The van der Waals surface area contributed by atoms with Gasteiger partial charge in [-0.25, -0.2) is 0 Å². The summed E-state index contributed by atoms with van der Waals surface area (Å²) in [7, 11) is 0. The molecule has 2 unspecified atom stereocenters. The quantitative estimate of drug-likeness (QED) is 0.188. The van der Waals surface area contributed by atoms with E-state index >= 15 is 0 Å². The second-order valence-corrected chi connectivity index (χ2v) is 20.3. The zero-order valence-electron chi connectivity index (χ0n) is 39.4. The van der Waals surface area contributed by atoms with Gasteiger partial charge < -0.3 is 0 Å². The Kier molecular flexibility index (Phi) is 17.3. The average molecular weight is 763 g/mol. The number of hydrogen-bond donors (Lipinski definition) is 0. The first-order chi connectivity index (χ1) is 26.7. The minimum Gasteiger partial charge on any atom is -0.0952 e. The fourth-order valence-electron chi connectivity index (χ4n) is 12.2. The van der Waals surface area contributed by atoms with Crippen LogP contribution in [0.4, 0.5) is 0 Å². The van der Waals surface area contributed by atoms with Crippen LogP contribution in [-0.4, -0.2) is 0 Å². The third-order valence-corrected chi connectivity index (χ3v) is 16.3. The fourth-order valence-corrected chi connectivity index (χ4v) is 12.2. The van der Waals surface area contributed by atoms with E-state index in [2.05, 4.69) is 92.7 Å². The summed E-state index contributed by atoms with van der Waals surface area (Å²) in [5, 5.41) is 0. The number of fused-ring (bicyclic) bond motifs is 1. The summed E-state index contributed by atoms with van der Waals surface area (Å²) in [6, 6.07) is 9.77. The van der Waals surface area contributed by atoms with Crippen molar-refractivity contribution in [3.8, 4) is 0 Å². The van der Waals surface area contributed by atoms with Crippen molar-refractivity contribution in [1.29, 1.82) is 0 Å². The van der Waals surface area contributed by atoms with Crippen molar-refractivity contribution in [3.63, 3.8) is 0 Å². The zero-order valence-corrected chi connectivity index (χ0v) is 39.4. The molecular formula is C56H90. The molecule has 0 bridgehead atoms. The molecule has 0 aromatic heterocycles. The van der Waals surface area contributed by atoms with Crippen LogP contribution in [0, 0.1) is 52.3 Å². The van der Waals surface area contributed by atoms with Crippen LogP contribution in [0.2, 0.25) is 0 Å². The summed E-state index contributed by atoms with van der Waals surface area (Å²) < 4.78 is 0. The predicted molar refractivity (Wildman–Crippen MR) is 251 cm³/mol. The third-order valence-electron chi connectivity index (χ3n) is 16.3. The fraction of sp³-hybridized carbons (Fsp3) is 0.714. The molecule has 0 nitrogen and oxygen atoms in total. The van der Waals surface area contributed by atoms with E-state index in [0.717, 1.165) is 23.7 Å². The molecule has 0 heterocycles. The number of rotatable bonds is 13. The lowest BCUT2D eigenvalue weighted by atomic mass is 9.61. The molecule has 5 aliphatic rings. The van der Waals surface area contributed by atoms with Crippen molar-refractivity contribution in [2.24, 2.45) is 52.3 Å². The normalized spacial score (nSPS) is 28.2. The van der Waals surface area contributed by atoms with E-state index in [4.69, 9.17) is 13.2 Å². The Balaban J connectivity index is 0.00000169. The first kappa shape index (κ1) is 46.6. The molecule has 0 heteroatoms. The SMILES string of the molecule is C=C(c1cccc([C@@H](CCC2CCC(CC)CC2)[C@@H](C)C(=C)C2=C(C)C3=CC4=C(CC[C@H](C(C)(C)C)C4)CC3(C)C2C)c1)[C@@H](CC)CC1CCCC1.CC.CC. The van der Waals surface area contributed by atoms with Crippen LogP contribution in [0.3, 0.4) is 0 Å². The molecule has 314 valence electrons. The van der Waals surface area contributed by atoms with Gasteiger partial charge in [-0.15, -0.1) is 0 Å². The zero-order chi connectivity index (χ0) is 41.4. The van der Waals surface area contributed by atoms with E-state index in [1.165, 1.54) is 131 Å². The number of benzene rings is 1. The summed E-state index contributed by atoms with van der Waals surface area (Å²) in [5.74, 6) is 5.50. The summed E-state index contributed by atoms with van der Waals surface area (Å²) in [6.07, 6.45) is 25.8. The lowest BCUT2D eigenvalue weighted by Gasteiger charge is -2.43. The smallest absolute Gasteiger partial charge is 0.00310 e. The molecular weight excluding hydrogens is 673 g/mol. The lowest BCUT2D eigenvalue weighted by Crippen LogP contribution is -2.31. The lowest BCUT2D eigenvalue weighted by molar-refractivity contribution is 0.208. The molecule has 1 aromatic carbocycles. The van der Waals surface area contributed by atoms with Gasteiger partial charge in [-0.1, -0.05) is 190 Å². The van der Waals surface area contributed by atoms with Crippen LogP contribution in [-0.2, 0) is 0 Å². The second kappa shape index (κ2) is 20.7. The maximum atomic E-state index is 5.06. The predicted octanol–water partition coefficient (Wildman–Crippen LogP) is 18.1. The summed E-state index contributed by atoms with van der Waals surface area (Å²) in [4.78, 5) is 0. The van der Waals surface area contributed by atoms with Gasteiger partial charge in [0.1, 0.15) is 0 Å². The Hall–Kier alpha value is -2.08. The largest absolute Gasteiger partial charge is 0.0952 e. The van der Waals surface area contributed by atoms with Gasteiger partial charge in [0.15, 0.2) is 0 Å². The van der Waals surface area contributed by atoms with Crippen molar-refractivity contribution in [3.05, 3.63) is 88.1 Å². The Morgan fingerprint density at radius 3 is 2.12 bits per heavy atom. The highest BCUT2D eigenvalue weighted by molar-refractivity contribution is 5.66. The van der Waals surface area contributed by atoms with Gasteiger partial charge in [-0.2, -0.15) is 0 Å². The van der Waals surface area contributed by atoms with Crippen molar-refractivity contribution in [2.45, 2.75) is 205 Å². The molecule has 0 N–H and O–H groups in total. The van der Waals surface area contributed by atoms with Crippen LogP contribution in [0.15, 0.2) is 76.9 Å². The topological polar surface area (TPSA) is 0 Å². The van der Waals surface area contributed by atoms with Crippen molar-refractivity contribution in [2.75, 3.05) is 0 Å². The average Bonchev–Trinajstić information content (AvgIpc) is 3.80. The molecule has 0 saturated heterocycles. The number of hydrogen-bond acceptors (Lipinski definition) is 0. The van der Waals surface area contributed by atoms with Crippen molar-refractivity contribution < 1.29 is 0 Å². The highest BCUT2D eigenvalue weighted by Gasteiger charge is 2.48. The van der Waals surface area contributed by atoms with Crippen molar-refractivity contribution >= 4 is 5.57 Å². The van der Waals surface area contributed by atoms with Crippen molar-refractivity contribution in [1.82, 2.24) is 0 Å². The third kappa shape index (κ3) is 10.4. The van der Waals surface area contributed by atoms with Gasteiger partial charge in [0.25, 0.3) is 0 Å². The van der Waals surface area contributed by atoms with Gasteiger partial charge in [0, 0.05) is 5.41 Å². The molecule has 56 heavy (non-hydrogen) atoms. The van der Waals surface area contributed by atoms with E-state index in [1.807, 2.05) is 27.7 Å². The van der Waals surface area contributed by atoms with Gasteiger partial charge in [-0.05, 0) is 156 Å². The summed E-state index contributed by atoms with van der Waals surface area (Å²) in [5.41, 5.74) is 14.5.